The lowest BCUT2D eigenvalue weighted by Gasteiger charge is -2.36. The van der Waals surface area contributed by atoms with Gasteiger partial charge in [-0.15, -0.1) is 11.3 Å². The molecule has 0 radical (unpaired) electrons. The van der Waals surface area contributed by atoms with Crippen LogP contribution in [0.15, 0.2) is 41.9 Å². The molecule has 0 aliphatic heterocycles. The van der Waals surface area contributed by atoms with E-state index in [0.717, 1.165) is 37.7 Å². The van der Waals surface area contributed by atoms with E-state index in [-0.39, 0.29) is 30.3 Å². The van der Waals surface area contributed by atoms with E-state index < -0.39 is 0 Å². The highest BCUT2D eigenvalue weighted by Gasteiger charge is 2.32. The number of nitrogens with one attached hydrogen (secondary N) is 1. The summed E-state index contributed by atoms with van der Waals surface area (Å²) in [5.74, 6) is -0.322. The number of nitrogens with zero attached hydrogens (tertiary/aromatic N) is 2. The van der Waals surface area contributed by atoms with Crippen LogP contribution in [-0.4, -0.2) is 34.3 Å². The van der Waals surface area contributed by atoms with Gasteiger partial charge in [0.25, 0.3) is 0 Å². The zero-order valence-electron chi connectivity index (χ0n) is 15.8. The summed E-state index contributed by atoms with van der Waals surface area (Å²) in [6.07, 6.45) is 7.77. The quantitative estimate of drug-likeness (QED) is 0.766. The van der Waals surface area contributed by atoms with Gasteiger partial charge in [0.05, 0.1) is 5.92 Å². The summed E-state index contributed by atoms with van der Waals surface area (Å²) < 4.78 is 0. The lowest BCUT2D eigenvalue weighted by Crippen LogP contribution is -2.47. The fraction of sp³-hybridized carbons (Fsp3) is 0.476. The molecule has 2 amide bonds. The zero-order chi connectivity index (χ0) is 19.1. The molecule has 1 aromatic heterocycles. The fourth-order valence-corrected chi connectivity index (χ4v) is 4.36. The largest absolute Gasteiger partial charge is 0.330 e. The van der Waals surface area contributed by atoms with Crippen LogP contribution < -0.4 is 5.32 Å². The minimum atomic E-state index is -0.208. The first-order chi connectivity index (χ1) is 13.2. The van der Waals surface area contributed by atoms with Gasteiger partial charge in [0.15, 0.2) is 5.13 Å². The molecule has 0 saturated heterocycles. The van der Waals surface area contributed by atoms with Crippen LogP contribution in [0.4, 0.5) is 5.13 Å². The number of carbonyl (C=O) groups excluding carboxylic acids is 2. The minimum Gasteiger partial charge on any atom is -0.330 e. The number of carbonyl (C=O) groups is 2. The van der Waals surface area contributed by atoms with E-state index in [1.165, 1.54) is 17.8 Å². The van der Waals surface area contributed by atoms with Crippen molar-refractivity contribution in [1.82, 2.24) is 9.88 Å². The van der Waals surface area contributed by atoms with E-state index in [1.807, 2.05) is 47.5 Å². The van der Waals surface area contributed by atoms with Gasteiger partial charge >= 0.3 is 0 Å². The van der Waals surface area contributed by atoms with Crippen LogP contribution in [0.5, 0.6) is 0 Å². The van der Waals surface area contributed by atoms with Crippen molar-refractivity contribution in [3.63, 3.8) is 0 Å². The van der Waals surface area contributed by atoms with Gasteiger partial charge < -0.3 is 10.2 Å². The normalized spacial score (nSPS) is 15.9. The van der Waals surface area contributed by atoms with Gasteiger partial charge in [-0.3, -0.25) is 9.59 Å². The Morgan fingerprint density at radius 3 is 2.59 bits per heavy atom. The highest BCUT2D eigenvalue weighted by Crippen LogP contribution is 2.28. The predicted octanol–water partition coefficient (Wildman–Crippen LogP) is 4.44. The molecule has 0 spiro atoms. The molecule has 1 fully saturated rings. The first-order valence-electron chi connectivity index (χ1n) is 9.73. The van der Waals surface area contributed by atoms with Gasteiger partial charge in [-0.2, -0.15) is 0 Å². The summed E-state index contributed by atoms with van der Waals surface area (Å²) in [6.45, 7) is 2.12. The Hall–Kier alpha value is -2.21. The highest BCUT2D eigenvalue weighted by molar-refractivity contribution is 7.13. The maximum atomic E-state index is 13.4. The Bertz CT molecular complexity index is 727. The summed E-state index contributed by atoms with van der Waals surface area (Å²) >= 11 is 1.38. The van der Waals surface area contributed by atoms with E-state index in [4.69, 9.17) is 0 Å². The molecule has 6 heteroatoms. The number of rotatable bonds is 7. The van der Waals surface area contributed by atoms with E-state index in [2.05, 4.69) is 10.3 Å². The second-order valence-corrected chi connectivity index (χ2v) is 7.91. The zero-order valence-corrected chi connectivity index (χ0v) is 16.6. The summed E-state index contributed by atoms with van der Waals surface area (Å²) in [6, 6.07) is 10.0. The van der Waals surface area contributed by atoms with Crippen molar-refractivity contribution >= 4 is 28.3 Å². The van der Waals surface area contributed by atoms with Crippen molar-refractivity contribution in [3.05, 3.63) is 47.5 Å². The topological polar surface area (TPSA) is 62.3 Å². The number of aromatic nitrogens is 1. The van der Waals surface area contributed by atoms with Gasteiger partial charge in [-0.05, 0) is 24.8 Å². The smallest absolute Gasteiger partial charge is 0.245 e. The van der Waals surface area contributed by atoms with Crippen molar-refractivity contribution in [2.75, 3.05) is 11.9 Å². The van der Waals surface area contributed by atoms with Crippen LogP contribution in [0.3, 0.4) is 0 Å². The van der Waals surface area contributed by atoms with Crippen molar-refractivity contribution in [1.29, 1.82) is 0 Å². The Labute approximate surface area is 164 Å². The highest BCUT2D eigenvalue weighted by atomic mass is 32.1. The van der Waals surface area contributed by atoms with Gasteiger partial charge in [0.1, 0.15) is 6.54 Å². The van der Waals surface area contributed by atoms with Crippen LogP contribution >= 0.6 is 11.3 Å². The monoisotopic (exact) mass is 385 g/mol. The molecular weight excluding hydrogens is 358 g/mol. The summed E-state index contributed by atoms with van der Waals surface area (Å²) in [5.41, 5.74) is 1.02. The third-order valence-electron chi connectivity index (χ3n) is 5.20. The first-order valence-corrected chi connectivity index (χ1v) is 10.6. The SMILES string of the molecule is CCC(C(=O)N(CC(=O)Nc1nccs1)C1CCCCC1)c1ccccc1. The lowest BCUT2D eigenvalue weighted by molar-refractivity contribution is -0.139. The molecule has 1 heterocycles. The molecule has 5 nitrogen and oxygen atoms in total. The maximum Gasteiger partial charge on any atom is 0.245 e. The molecule has 144 valence electrons. The molecule has 1 unspecified atom stereocenters. The Morgan fingerprint density at radius 1 is 1.22 bits per heavy atom. The van der Waals surface area contributed by atoms with Gasteiger partial charge in [0.2, 0.25) is 11.8 Å². The van der Waals surface area contributed by atoms with Crippen molar-refractivity contribution in [3.8, 4) is 0 Å². The number of anilines is 1. The van der Waals surface area contributed by atoms with Crippen LogP contribution in [0.2, 0.25) is 0 Å². The number of thiazole rings is 1. The minimum absolute atomic E-state index is 0.0601. The van der Waals surface area contributed by atoms with E-state index in [1.54, 1.807) is 6.20 Å². The summed E-state index contributed by atoms with van der Waals surface area (Å²) in [7, 11) is 0. The first kappa shape index (κ1) is 19.5. The molecule has 0 bridgehead atoms. The van der Waals surface area contributed by atoms with E-state index in [0.29, 0.717) is 5.13 Å². The molecule has 1 atom stereocenters. The molecule has 1 aliphatic carbocycles. The summed E-state index contributed by atoms with van der Waals surface area (Å²) in [4.78, 5) is 31.9. The molecule has 27 heavy (non-hydrogen) atoms. The van der Waals surface area contributed by atoms with E-state index >= 15 is 0 Å². The van der Waals surface area contributed by atoms with Crippen LogP contribution in [-0.2, 0) is 9.59 Å². The van der Waals surface area contributed by atoms with Gasteiger partial charge in [0, 0.05) is 17.6 Å². The van der Waals surface area contributed by atoms with Crippen molar-refractivity contribution < 1.29 is 9.59 Å². The number of amides is 2. The standard InChI is InChI=1S/C21H27N3O2S/c1-2-18(16-9-5-3-6-10-16)20(26)24(17-11-7-4-8-12-17)15-19(25)23-21-22-13-14-27-21/h3,5-6,9-10,13-14,17-18H,2,4,7-8,11-12,15H2,1H3,(H,22,23,25). The van der Waals surface area contributed by atoms with Crippen LogP contribution in [0.1, 0.15) is 56.9 Å². The third-order valence-corrected chi connectivity index (χ3v) is 5.89. The molecule has 1 saturated carbocycles. The molecule has 1 N–H and O–H groups in total. The third kappa shape index (κ3) is 5.16. The predicted molar refractivity (Wildman–Crippen MR) is 109 cm³/mol. The molecule has 1 aliphatic rings. The molecule has 2 aromatic rings. The summed E-state index contributed by atoms with van der Waals surface area (Å²) in [5, 5.41) is 5.21. The van der Waals surface area contributed by atoms with Crippen LogP contribution in [0.25, 0.3) is 0 Å². The van der Waals surface area contributed by atoms with Crippen molar-refractivity contribution in [2.45, 2.75) is 57.4 Å². The fourth-order valence-electron chi connectivity index (χ4n) is 3.82. The van der Waals surface area contributed by atoms with Crippen LogP contribution in [0, 0.1) is 0 Å². The second-order valence-electron chi connectivity index (χ2n) is 7.01. The average molecular weight is 386 g/mol. The van der Waals surface area contributed by atoms with Gasteiger partial charge in [-0.1, -0.05) is 56.5 Å². The van der Waals surface area contributed by atoms with E-state index in [9.17, 15) is 9.59 Å². The Balaban J connectivity index is 1.77. The van der Waals surface area contributed by atoms with Gasteiger partial charge in [-0.25, -0.2) is 4.98 Å². The molecule has 3 rings (SSSR count). The molecular formula is C21H27N3O2S. The average Bonchev–Trinajstić information content (AvgIpc) is 3.21. The molecule has 1 aromatic carbocycles. The Morgan fingerprint density at radius 2 is 1.96 bits per heavy atom. The maximum absolute atomic E-state index is 13.4. The van der Waals surface area contributed by atoms with Crippen molar-refractivity contribution in [2.24, 2.45) is 0 Å². The Kier molecular flexibility index (Phi) is 6.98. The lowest BCUT2D eigenvalue weighted by atomic mass is 9.90. The number of benzene rings is 1. The number of hydrogen-bond acceptors (Lipinski definition) is 4. The number of hydrogen-bond donors (Lipinski definition) is 1. The second kappa shape index (κ2) is 9.65.